The first kappa shape index (κ1) is 18.0. The average molecular weight is 372 g/mol. The van der Waals surface area contributed by atoms with Crippen molar-refractivity contribution >= 4 is 34.3 Å². The molecule has 0 saturated carbocycles. The molecule has 0 aliphatic rings. The van der Waals surface area contributed by atoms with Gasteiger partial charge in [0.15, 0.2) is 5.43 Å². The van der Waals surface area contributed by atoms with Gasteiger partial charge in [-0.1, -0.05) is 0 Å². The number of thioether (sulfide) groups is 1. The van der Waals surface area contributed by atoms with Crippen LogP contribution in [0.4, 0.5) is 10.1 Å². The summed E-state index contributed by atoms with van der Waals surface area (Å²) in [7, 11) is 1.58. The molecule has 0 radical (unpaired) electrons. The Morgan fingerprint density at radius 2 is 1.96 bits per heavy atom. The maximum atomic E-state index is 13.2. The molecule has 0 fully saturated rings. The number of hydrogen-bond donors (Lipinski definition) is 2. The van der Waals surface area contributed by atoms with Crippen LogP contribution in [0, 0.1) is 5.82 Å². The van der Waals surface area contributed by atoms with Gasteiger partial charge < -0.3 is 15.0 Å². The number of fused-ring (bicyclic) bond motifs is 1. The summed E-state index contributed by atoms with van der Waals surface area (Å²) in [6, 6.07) is 12.6. The Morgan fingerprint density at radius 1 is 1.19 bits per heavy atom. The summed E-state index contributed by atoms with van der Waals surface area (Å²) in [5, 5.41) is 3.11. The minimum atomic E-state index is -0.444. The summed E-state index contributed by atoms with van der Waals surface area (Å²) in [4.78, 5) is 27.2. The third-order valence-corrected chi connectivity index (χ3v) is 4.69. The van der Waals surface area contributed by atoms with Gasteiger partial charge in [0, 0.05) is 34.1 Å². The first-order chi connectivity index (χ1) is 12.5. The summed E-state index contributed by atoms with van der Waals surface area (Å²) in [5.74, 6) is 0.858. The van der Waals surface area contributed by atoms with E-state index in [-0.39, 0.29) is 17.1 Å². The molecule has 0 bridgehead atoms. The second kappa shape index (κ2) is 8.05. The summed E-state index contributed by atoms with van der Waals surface area (Å²) in [6.07, 6.45) is 0. The molecule has 1 heterocycles. The summed E-state index contributed by atoms with van der Waals surface area (Å²) in [5.41, 5.74) is 1.72. The zero-order valence-electron chi connectivity index (χ0n) is 14.0. The van der Waals surface area contributed by atoms with Gasteiger partial charge in [-0.15, -0.1) is 11.8 Å². The molecule has 5 nitrogen and oxygen atoms in total. The van der Waals surface area contributed by atoms with Gasteiger partial charge >= 0.3 is 0 Å². The molecule has 26 heavy (non-hydrogen) atoms. The molecule has 3 aromatic rings. The van der Waals surface area contributed by atoms with E-state index in [0.717, 1.165) is 5.75 Å². The van der Waals surface area contributed by atoms with Crippen LogP contribution in [0.3, 0.4) is 0 Å². The van der Waals surface area contributed by atoms with Crippen molar-refractivity contribution < 1.29 is 13.9 Å². The Hall–Kier alpha value is -2.80. The van der Waals surface area contributed by atoms with Crippen LogP contribution in [0.15, 0.2) is 53.3 Å². The van der Waals surface area contributed by atoms with E-state index in [4.69, 9.17) is 4.74 Å². The van der Waals surface area contributed by atoms with Crippen molar-refractivity contribution in [2.75, 3.05) is 18.2 Å². The molecule has 134 valence electrons. The fraction of sp³-hybridized carbons (Fsp3) is 0.158. The van der Waals surface area contributed by atoms with Crippen molar-refractivity contribution in [3.8, 4) is 5.75 Å². The quantitative estimate of drug-likeness (QED) is 0.694. The predicted octanol–water partition coefficient (Wildman–Crippen LogP) is 3.55. The van der Waals surface area contributed by atoms with Crippen LogP contribution in [-0.4, -0.2) is 23.8 Å². The van der Waals surface area contributed by atoms with Crippen LogP contribution >= 0.6 is 11.8 Å². The number of pyridine rings is 1. The van der Waals surface area contributed by atoms with E-state index in [9.17, 15) is 14.0 Å². The minimum absolute atomic E-state index is 0.134. The standard InChI is InChI=1S/C19H17FN2O3S/c1-25-15-5-3-13(4-6-15)22-19(24)11-26-10-14-9-18(23)16-8-12(20)2-7-17(16)21-14/h2-9H,10-11H2,1H3,(H,21,23)(H,22,24). The molecular formula is C19H17FN2O3S. The molecule has 0 aliphatic carbocycles. The van der Waals surface area contributed by atoms with Crippen molar-refractivity contribution in [2.45, 2.75) is 5.75 Å². The Kier molecular flexibility index (Phi) is 5.58. The Morgan fingerprint density at radius 3 is 2.69 bits per heavy atom. The van der Waals surface area contributed by atoms with Crippen LogP contribution in [-0.2, 0) is 10.5 Å². The number of rotatable bonds is 6. The maximum Gasteiger partial charge on any atom is 0.234 e. The Labute approximate surface area is 153 Å². The number of amides is 1. The monoisotopic (exact) mass is 372 g/mol. The molecule has 1 amide bonds. The lowest BCUT2D eigenvalue weighted by atomic mass is 10.2. The number of nitrogens with one attached hydrogen (secondary N) is 2. The number of H-pyrrole nitrogens is 1. The van der Waals surface area contributed by atoms with Gasteiger partial charge in [-0.25, -0.2) is 4.39 Å². The molecule has 0 spiro atoms. The minimum Gasteiger partial charge on any atom is -0.497 e. The SMILES string of the molecule is COc1ccc(NC(=O)CSCc2cc(=O)c3cc(F)ccc3[nH]2)cc1. The number of aromatic nitrogens is 1. The number of hydrogen-bond acceptors (Lipinski definition) is 4. The van der Waals surface area contributed by atoms with Crippen LogP contribution < -0.4 is 15.5 Å². The van der Waals surface area contributed by atoms with E-state index < -0.39 is 5.82 Å². The third-order valence-electron chi connectivity index (χ3n) is 3.71. The fourth-order valence-electron chi connectivity index (χ4n) is 2.48. The molecule has 0 unspecified atom stereocenters. The lowest BCUT2D eigenvalue weighted by molar-refractivity contribution is -0.113. The van der Waals surface area contributed by atoms with Gasteiger partial charge in [0.2, 0.25) is 5.91 Å². The van der Waals surface area contributed by atoms with E-state index in [1.54, 1.807) is 31.4 Å². The van der Waals surface area contributed by atoms with Gasteiger partial charge in [0.05, 0.1) is 12.9 Å². The van der Waals surface area contributed by atoms with E-state index in [1.807, 2.05) is 0 Å². The van der Waals surface area contributed by atoms with Gasteiger partial charge in [-0.3, -0.25) is 9.59 Å². The molecule has 0 aliphatic heterocycles. The molecule has 3 rings (SSSR count). The fourth-order valence-corrected chi connectivity index (χ4v) is 3.21. The zero-order chi connectivity index (χ0) is 18.5. The molecule has 7 heteroatoms. The molecule has 0 saturated heterocycles. The number of methoxy groups -OCH3 is 1. The highest BCUT2D eigenvalue weighted by atomic mass is 32.2. The first-order valence-electron chi connectivity index (χ1n) is 7.88. The molecular weight excluding hydrogens is 355 g/mol. The van der Waals surface area contributed by atoms with Gasteiger partial charge in [-0.05, 0) is 42.5 Å². The van der Waals surface area contributed by atoms with E-state index in [0.29, 0.717) is 28.0 Å². The normalized spacial score (nSPS) is 10.7. The summed E-state index contributed by atoms with van der Waals surface area (Å²) < 4.78 is 18.3. The van der Waals surface area contributed by atoms with Crippen molar-refractivity contribution in [3.63, 3.8) is 0 Å². The first-order valence-corrected chi connectivity index (χ1v) is 9.04. The second-order valence-corrected chi connectivity index (χ2v) is 6.60. The average Bonchev–Trinajstić information content (AvgIpc) is 2.63. The van der Waals surface area contributed by atoms with E-state index in [2.05, 4.69) is 10.3 Å². The smallest absolute Gasteiger partial charge is 0.234 e. The topological polar surface area (TPSA) is 71.2 Å². The number of anilines is 1. The van der Waals surface area contributed by atoms with Crippen LogP contribution in [0.5, 0.6) is 5.75 Å². The Bertz CT molecular complexity index is 986. The molecule has 2 aromatic carbocycles. The highest BCUT2D eigenvalue weighted by Gasteiger charge is 2.06. The number of halogens is 1. The summed E-state index contributed by atoms with van der Waals surface area (Å²) >= 11 is 1.38. The molecule has 2 N–H and O–H groups in total. The van der Waals surface area contributed by atoms with E-state index >= 15 is 0 Å². The number of carbonyl (C=O) groups is 1. The Balaban J connectivity index is 1.57. The highest BCUT2D eigenvalue weighted by molar-refractivity contribution is 7.99. The van der Waals surface area contributed by atoms with Gasteiger partial charge in [0.25, 0.3) is 0 Å². The maximum absolute atomic E-state index is 13.2. The van der Waals surface area contributed by atoms with Gasteiger partial charge in [0.1, 0.15) is 11.6 Å². The highest BCUT2D eigenvalue weighted by Crippen LogP contribution is 2.17. The largest absolute Gasteiger partial charge is 0.497 e. The number of aromatic amines is 1. The van der Waals surface area contributed by atoms with E-state index in [1.165, 1.54) is 36.0 Å². The van der Waals surface area contributed by atoms with Crippen molar-refractivity contribution in [2.24, 2.45) is 0 Å². The molecule has 0 atom stereocenters. The predicted molar refractivity (Wildman–Crippen MR) is 102 cm³/mol. The lowest BCUT2D eigenvalue weighted by Gasteiger charge is -2.07. The number of benzene rings is 2. The number of carbonyl (C=O) groups excluding carboxylic acids is 1. The van der Waals surface area contributed by atoms with Crippen LogP contribution in [0.25, 0.3) is 10.9 Å². The second-order valence-electron chi connectivity index (χ2n) is 5.62. The van der Waals surface area contributed by atoms with Gasteiger partial charge in [-0.2, -0.15) is 0 Å². The zero-order valence-corrected chi connectivity index (χ0v) is 14.9. The summed E-state index contributed by atoms with van der Waals surface area (Å²) in [6.45, 7) is 0. The number of ether oxygens (including phenoxy) is 1. The lowest BCUT2D eigenvalue weighted by Crippen LogP contribution is -2.14. The van der Waals surface area contributed by atoms with Crippen LogP contribution in [0.2, 0.25) is 0 Å². The van der Waals surface area contributed by atoms with Crippen molar-refractivity contribution in [1.82, 2.24) is 4.98 Å². The van der Waals surface area contributed by atoms with Crippen molar-refractivity contribution in [3.05, 3.63) is 70.3 Å². The van der Waals surface area contributed by atoms with Crippen LogP contribution in [0.1, 0.15) is 5.69 Å². The van der Waals surface area contributed by atoms with Crippen molar-refractivity contribution in [1.29, 1.82) is 0 Å². The third kappa shape index (κ3) is 4.43. The molecule has 1 aromatic heterocycles.